The quantitative estimate of drug-likeness (QED) is 0.857. The van der Waals surface area contributed by atoms with Crippen LogP contribution in [-0.2, 0) is 14.8 Å². The molecule has 1 aromatic heterocycles. The largest absolute Gasteiger partial charge is 0.355 e. The van der Waals surface area contributed by atoms with Gasteiger partial charge in [0.15, 0.2) is 5.84 Å². The molecule has 1 amide bonds. The Morgan fingerprint density at radius 1 is 1.15 bits per heavy atom. The van der Waals surface area contributed by atoms with Crippen LogP contribution in [0.2, 0.25) is 0 Å². The van der Waals surface area contributed by atoms with Gasteiger partial charge < -0.3 is 10.2 Å². The molecule has 0 spiro atoms. The number of amidine groups is 1. The summed E-state index contributed by atoms with van der Waals surface area (Å²) in [5.41, 5.74) is 1.68. The van der Waals surface area contributed by atoms with Crippen LogP contribution in [0, 0.1) is 12.8 Å². The van der Waals surface area contributed by atoms with Crippen molar-refractivity contribution >= 4 is 27.6 Å². The molecule has 1 N–H and O–H groups in total. The van der Waals surface area contributed by atoms with Gasteiger partial charge in [0.1, 0.15) is 10.7 Å². The Morgan fingerprint density at radius 2 is 1.89 bits per heavy atom. The molecule has 2 aliphatic heterocycles. The first kappa shape index (κ1) is 17.7. The number of anilines is 1. The lowest BCUT2D eigenvalue weighted by molar-refractivity contribution is -0.121. The van der Waals surface area contributed by atoms with E-state index in [1.807, 2.05) is 24.0 Å². The number of piperidine rings is 1. The Kier molecular flexibility index (Phi) is 4.43. The molecule has 1 fully saturated rings. The monoisotopic (exact) mass is 384 g/mol. The third-order valence-electron chi connectivity index (χ3n) is 4.94. The predicted molar refractivity (Wildman–Crippen MR) is 102 cm³/mol. The molecule has 4 rings (SSSR count). The molecule has 0 unspecified atom stereocenters. The predicted octanol–water partition coefficient (Wildman–Crippen LogP) is 2.19. The lowest BCUT2D eigenvalue weighted by Crippen LogP contribution is -2.41. The van der Waals surface area contributed by atoms with Crippen molar-refractivity contribution < 1.29 is 13.2 Å². The standard InChI is InChI=1S/C19H20N4O3S/c1-13-6-7-17(20-12-13)21-19(24)14-8-10-23(11-9-14)18-15-4-2-3-5-16(15)27(25,26)22-18/h2-7,12,14H,8-11H2,1H3,(H,20,21,24). The number of aromatic nitrogens is 1. The second kappa shape index (κ2) is 6.77. The molecule has 140 valence electrons. The maximum atomic E-state index is 12.5. The number of sulfonamides is 1. The number of fused-ring (bicyclic) bond motifs is 1. The molecule has 1 aromatic carbocycles. The van der Waals surface area contributed by atoms with Crippen molar-refractivity contribution in [3.05, 3.63) is 53.7 Å². The minimum Gasteiger partial charge on any atom is -0.355 e. The minimum absolute atomic E-state index is 0.0487. The normalized spacial score (nSPS) is 18.7. The smallest absolute Gasteiger partial charge is 0.285 e. The highest BCUT2D eigenvalue weighted by Crippen LogP contribution is 2.29. The fraction of sp³-hybridized carbons (Fsp3) is 0.316. The van der Waals surface area contributed by atoms with Crippen molar-refractivity contribution in [3.63, 3.8) is 0 Å². The molecule has 0 radical (unpaired) electrons. The first-order valence-corrected chi connectivity index (χ1v) is 10.3. The molecule has 0 saturated carbocycles. The molecule has 7 nitrogen and oxygen atoms in total. The van der Waals surface area contributed by atoms with Gasteiger partial charge in [0.2, 0.25) is 5.91 Å². The van der Waals surface area contributed by atoms with Gasteiger partial charge in [-0.05, 0) is 43.5 Å². The van der Waals surface area contributed by atoms with E-state index in [4.69, 9.17) is 0 Å². The van der Waals surface area contributed by atoms with Gasteiger partial charge >= 0.3 is 0 Å². The number of amides is 1. The number of carbonyl (C=O) groups excluding carboxylic acids is 1. The Morgan fingerprint density at radius 3 is 2.59 bits per heavy atom. The van der Waals surface area contributed by atoms with Crippen molar-refractivity contribution in [2.24, 2.45) is 10.3 Å². The fourth-order valence-electron chi connectivity index (χ4n) is 3.44. The maximum absolute atomic E-state index is 12.5. The van der Waals surface area contributed by atoms with E-state index in [0.717, 1.165) is 5.56 Å². The maximum Gasteiger partial charge on any atom is 0.285 e. The van der Waals surface area contributed by atoms with E-state index < -0.39 is 10.0 Å². The van der Waals surface area contributed by atoms with Crippen molar-refractivity contribution in [3.8, 4) is 0 Å². The molecule has 3 heterocycles. The van der Waals surface area contributed by atoms with Crippen molar-refractivity contribution in [1.82, 2.24) is 9.88 Å². The summed E-state index contributed by atoms with van der Waals surface area (Å²) in [6.45, 7) is 3.11. The lowest BCUT2D eigenvalue weighted by atomic mass is 9.95. The average Bonchev–Trinajstić information content (AvgIpc) is 2.95. The zero-order chi connectivity index (χ0) is 19.0. The Hall–Kier alpha value is -2.74. The average molecular weight is 384 g/mol. The molecule has 8 heteroatoms. The van der Waals surface area contributed by atoms with Crippen LogP contribution in [0.25, 0.3) is 0 Å². The molecule has 0 bridgehead atoms. The number of nitrogens with one attached hydrogen (secondary N) is 1. The highest BCUT2D eigenvalue weighted by atomic mass is 32.2. The van der Waals surface area contributed by atoms with Gasteiger partial charge in [-0.15, -0.1) is 4.40 Å². The lowest BCUT2D eigenvalue weighted by Gasteiger charge is -2.32. The van der Waals surface area contributed by atoms with E-state index in [2.05, 4.69) is 14.7 Å². The zero-order valence-corrected chi connectivity index (χ0v) is 15.7. The highest BCUT2D eigenvalue weighted by Gasteiger charge is 2.34. The molecule has 2 aromatic rings. The third kappa shape index (κ3) is 3.44. The molecular formula is C19H20N4O3S. The van der Waals surface area contributed by atoms with Gasteiger partial charge in [0, 0.05) is 30.8 Å². The van der Waals surface area contributed by atoms with Gasteiger partial charge in [-0.1, -0.05) is 18.2 Å². The van der Waals surface area contributed by atoms with E-state index >= 15 is 0 Å². The van der Waals surface area contributed by atoms with E-state index in [1.54, 1.807) is 30.5 Å². The highest BCUT2D eigenvalue weighted by molar-refractivity contribution is 7.90. The SMILES string of the molecule is Cc1ccc(NC(=O)C2CCN(C3=NS(=O)(=O)c4ccccc43)CC2)nc1. The van der Waals surface area contributed by atoms with Crippen LogP contribution in [0.5, 0.6) is 0 Å². The summed E-state index contributed by atoms with van der Waals surface area (Å²) < 4.78 is 28.4. The van der Waals surface area contributed by atoms with E-state index in [9.17, 15) is 13.2 Å². The van der Waals surface area contributed by atoms with Crippen LogP contribution >= 0.6 is 0 Å². The zero-order valence-electron chi connectivity index (χ0n) is 14.9. The van der Waals surface area contributed by atoms with Gasteiger partial charge in [0.05, 0.1) is 0 Å². The number of likely N-dealkylation sites (tertiary alicyclic amines) is 1. The summed E-state index contributed by atoms with van der Waals surface area (Å²) in [4.78, 5) is 18.9. The van der Waals surface area contributed by atoms with Gasteiger partial charge in [0.25, 0.3) is 10.0 Å². The molecular weight excluding hydrogens is 364 g/mol. The van der Waals surface area contributed by atoms with Crippen molar-refractivity contribution in [2.45, 2.75) is 24.7 Å². The van der Waals surface area contributed by atoms with Gasteiger partial charge in [-0.25, -0.2) is 4.98 Å². The fourth-order valence-corrected chi connectivity index (χ4v) is 4.67. The van der Waals surface area contributed by atoms with Crippen LogP contribution in [-0.4, -0.2) is 43.1 Å². The topological polar surface area (TPSA) is 91.7 Å². The minimum atomic E-state index is -3.62. The number of carbonyl (C=O) groups is 1. The first-order valence-electron chi connectivity index (χ1n) is 8.87. The number of benzene rings is 1. The number of nitrogens with zero attached hydrogens (tertiary/aromatic N) is 3. The number of hydrogen-bond acceptors (Lipinski definition) is 5. The van der Waals surface area contributed by atoms with Crippen LogP contribution < -0.4 is 5.32 Å². The summed E-state index contributed by atoms with van der Waals surface area (Å²) in [6.07, 6.45) is 2.99. The van der Waals surface area contributed by atoms with E-state index in [-0.39, 0.29) is 16.7 Å². The van der Waals surface area contributed by atoms with E-state index in [0.29, 0.717) is 43.1 Å². The first-order chi connectivity index (χ1) is 12.9. The summed E-state index contributed by atoms with van der Waals surface area (Å²) >= 11 is 0. The molecule has 27 heavy (non-hydrogen) atoms. The third-order valence-corrected chi connectivity index (χ3v) is 6.27. The Balaban J connectivity index is 1.42. The molecule has 0 aliphatic carbocycles. The van der Waals surface area contributed by atoms with Gasteiger partial charge in [-0.2, -0.15) is 8.42 Å². The van der Waals surface area contributed by atoms with Crippen molar-refractivity contribution in [1.29, 1.82) is 0 Å². The summed E-state index contributed by atoms with van der Waals surface area (Å²) in [5.74, 6) is 0.864. The summed E-state index contributed by atoms with van der Waals surface area (Å²) in [5, 5.41) is 2.86. The second-order valence-corrected chi connectivity index (χ2v) is 8.43. The van der Waals surface area contributed by atoms with Crippen LogP contribution in [0.4, 0.5) is 5.82 Å². The number of hydrogen-bond donors (Lipinski definition) is 1. The number of aryl methyl sites for hydroxylation is 1. The Labute approximate surface area is 158 Å². The summed E-state index contributed by atoms with van der Waals surface area (Å²) in [7, 11) is -3.62. The van der Waals surface area contributed by atoms with Gasteiger partial charge in [-0.3, -0.25) is 4.79 Å². The Bertz CT molecular complexity index is 1010. The number of rotatable bonds is 2. The second-order valence-electron chi connectivity index (χ2n) is 6.86. The number of pyridine rings is 1. The van der Waals surface area contributed by atoms with Crippen LogP contribution in [0.3, 0.4) is 0 Å². The van der Waals surface area contributed by atoms with Crippen LogP contribution in [0.15, 0.2) is 51.9 Å². The molecule has 0 atom stereocenters. The van der Waals surface area contributed by atoms with Crippen molar-refractivity contribution in [2.75, 3.05) is 18.4 Å². The molecule has 2 aliphatic rings. The molecule has 1 saturated heterocycles. The van der Waals surface area contributed by atoms with E-state index in [1.165, 1.54) is 0 Å². The van der Waals surface area contributed by atoms with Crippen LogP contribution in [0.1, 0.15) is 24.0 Å². The summed E-state index contributed by atoms with van der Waals surface area (Å²) in [6, 6.07) is 10.6.